The fraction of sp³-hybridized carbons (Fsp3) is 0.400. The van der Waals surface area contributed by atoms with Crippen molar-refractivity contribution in [3.63, 3.8) is 0 Å². The molecular formula is C25H31ClN4O3S. The van der Waals surface area contributed by atoms with E-state index in [0.717, 1.165) is 18.8 Å². The minimum atomic E-state index is -0.324. The lowest BCUT2D eigenvalue weighted by atomic mass is 10.2. The third-order valence-corrected chi connectivity index (χ3v) is 5.89. The van der Waals surface area contributed by atoms with E-state index in [-0.39, 0.29) is 16.9 Å². The van der Waals surface area contributed by atoms with Gasteiger partial charge in [-0.15, -0.1) is 0 Å². The maximum absolute atomic E-state index is 12.6. The van der Waals surface area contributed by atoms with Crippen LogP contribution >= 0.6 is 23.8 Å². The Balaban J connectivity index is 1.55. The molecule has 1 saturated heterocycles. The van der Waals surface area contributed by atoms with Crippen LogP contribution in [-0.2, 0) is 4.79 Å². The van der Waals surface area contributed by atoms with Crippen LogP contribution in [-0.4, -0.2) is 54.6 Å². The summed E-state index contributed by atoms with van der Waals surface area (Å²) in [5, 5.41) is 6.45. The van der Waals surface area contributed by atoms with E-state index in [2.05, 4.69) is 29.4 Å². The van der Waals surface area contributed by atoms with Crippen molar-refractivity contribution < 1.29 is 14.3 Å². The first kappa shape index (κ1) is 25.8. The summed E-state index contributed by atoms with van der Waals surface area (Å²) in [6.45, 7) is 9.41. The van der Waals surface area contributed by atoms with E-state index in [1.165, 1.54) is 0 Å². The molecule has 0 bridgehead atoms. The van der Waals surface area contributed by atoms with Crippen molar-refractivity contribution in [1.82, 2.24) is 10.2 Å². The number of anilines is 2. The molecule has 9 heteroatoms. The quantitative estimate of drug-likeness (QED) is 0.541. The fourth-order valence-corrected chi connectivity index (χ4v) is 4.10. The lowest BCUT2D eigenvalue weighted by Crippen LogP contribution is -2.48. The molecule has 0 spiro atoms. The van der Waals surface area contributed by atoms with Crippen molar-refractivity contribution in [3.8, 4) is 5.75 Å². The Morgan fingerprint density at radius 2 is 1.85 bits per heavy atom. The summed E-state index contributed by atoms with van der Waals surface area (Å²) in [7, 11) is 0. The zero-order valence-electron chi connectivity index (χ0n) is 19.8. The highest BCUT2D eigenvalue weighted by Gasteiger charge is 2.21. The van der Waals surface area contributed by atoms with Gasteiger partial charge in [0.2, 0.25) is 5.91 Å². The highest BCUT2D eigenvalue weighted by Crippen LogP contribution is 2.29. The maximum atomic E-state index is 12.6. The molecule has 7 nitrogen and oxygen atoms in total. The van der Waals surface area contributed by atoms with Crippen LogP contribution in [0.3, 0.4) is 0 Å². The van der Waals surface area contributed by atoms with Gasteiger partial charge in [-0.3, -0.25) is 14.9 Å². The second-order valence-electron chi connectivity index (χ2n) is 8.53. The molecule has 0 unspecified atom stereocenters. The zero-order valence-corrected chi connectivity index (χ0v) is 21.3. The molecule has 0 aromatic heterocycles. The van der Waals surface area contributed by atoms with Gasteiger partial charge in [-0.05, 0) is 54.5 Å². The molecule has 0 saturated carbocycles. The Morgan fingerprint density at radius 1 is 1.12 bits per heavy atom. The van der Waals surface area contributed by atoms with Crippen LogP contribution in [0.5, 0.6) is 5.75 Å². The highest BCUT2D eigenvalue weighted by molar-refractivity contribution is 7.80. The molecule has 0 radical (unpaired) electrons. The Bertz CT molecular complexity index is 1040. The molecule has 0 atom stereocenters. The number of nitrogens with one attached hydrogen (secondary N) is 2. The Hall–Kier alpha value is -2.84. The molecule has 0 aliphatic carbocycles. The number of rotatable bonds is 7. The molecule has 1 heterocycles. The maximum Gasteiger partial charge on any atom is 0.257 e. The molecule has 2 aromatic rings. The van der Waals surface area contributed by atoms with Gasteiger partial charge in [0.1, 0.15) is 5.75 Å². The average Bonchev–Trinajstić information content (AvgIpc) is 2.82. The molecule has 1 aliphatic rings. The summed E-state index contributed by atoms with van der Waals surface area (Å²) in [6.07, 6.45) is 0.523. The Kier molecular flexibility index (Phi) is 9.12. The van der Waals surface area contributed by atoms with E-state index in [9.17, 15) is 9.59 Å². The topological polar surface area (TPSA) is 73.9 Å². The second-order valence-corrected chi connectivity index (χ2v) is 9.34. The molecule has 182 valence electrons. The predicted octanol–water partition coefficient (Wildman–Crippen LogP) is 4.56. The largest absolute Gasteiger partial charge is 0.493 e. The van der Waals surface area contributed by atoms with Crippen LogP contribution in [0.2, 0.25) is 5.02 Å². The number of carbonyl (C=O) groups excluding carboxylic acids is 2. The van der Waals surface area contributed by atoms with Crippen LogP contribution in [0.15, 0.2) is 42.5 Å². The van der Waals surface area contributed by atoms with Gasteiger partial charge in [0, 0.05) is 43.9 Å². The molecule has 34 heavy (non-hydrogen) atoms. The molecule has 2 N–H and O–H groups in total. The summed E-state index contributed by atoms with van der Waals surface area (Å²) in [6, 6.07) is 12.6. The molecule has 3 rings (SSSR count). The van der Waals surface area contributed by atoms with Gasteiger partial charge in [0.05, 0.1) is 17.3 Å². The van der Waals surface area contributed by atoms with E-state index < -0.39 is 0 Å². The minimum Gasteiger partial charge on any atom is -0.493 e. The third-order valence-electron chi connectivity index (χ3n) is 5.39. The fourth-order valence-electron chi connectivity index (χ4n) is 3.59. The van der Waals surface area contributed by atoms with Crippen molar-refractivity contribution in [1.29, 1.82) is 0 Å². The van der Waals surface area contributed by atoms with E-state index >= 15 is 0 Å². The number of thiocarbonyl (C=S) groups is 1. The normalized spacial score (nSPS) is 13.6. The van der Waals surface area contributed by atoms with E-state index in [0.29, 0.717) is 54.1 Å². The van der Waals surface area contributed by atoms with Crippen LogP contribution in [0.4, 0.5) is 11.4 Å². The summed E-state index contributed by atoms with van der Waals surface area (Å²) >= 11 is 11.9. The van der Waals surface area contributed by atoms with Gasteiger partial charge in [0.15, 0.2) is 5.11 Å². The molecule has 2 aromatic carbocycles. The van der Waals surface area contributed by atoms with Gasteiger partial charge in [-0.2, -0.15) is 0 Å². The summed E-state index contributed by atoms with van der Waals surface area (Å²) < 4.78 is 5.69. The van der Waals surface area contributed by atoms with Crippen LogP contribution in [0, 0.1) is 5.92 Å². The van der Waals surface area contributed by atoms with Crippen LogP contribution in [0.1, 0.15) is 37.6 Å². The number of nitrogens with zero attached hydrogens (tertiary/aromatic N) is 2. The van der Waals surface area contributed by atoms with Gasteiger partial charge in [0.25, 0.3) is 5.91 Å². The zero-order chi connectivity index (χ0) is 24.7. The number of amides is 2. The van der Waals surface area contributed by atoms with Crippen LogP contribution < -0.4 is 20.3 Å². The second kappa shape index (κ2) is 12.0. The minimum absolute atomic E-state index is 0.175. The Labute approximate surface area is 211 Å². The third kappa shape index (κ3) is 7.08. The SMILES string of the molecule is CCC(=O)N1CCN(c2ccc(NC(=S)NC(=O)c3cccc(OCC(C)C)c3)cc2Cl)CC1. The van der Waals surface area contributed by atoms with E-state index in [1.54, 1.807) is 24.3 Å². The first-order valence-electron chi connectivity index (χ1n) is 11.4. The predicted molar refractivity (Wildman–Crippen MR) is 141 cm³/mol. The van der Waals surface area contributed by atoms with Crippen LogP contribution in [0.25, 0.3) is 0 Å². The number of benzene rings is 2. The summed E-state index contributed by atoms with van der Waals surface area (Å²) in [4.78, 5) is 28.5. The molecular weight excluding hydrogens is 472 g/mol. The first-order valence-corrected chi connectivity index (χ1v) is 12.2. The molecule has 2 amide bonds. The smallest absolute Gasteiger partial charge is 0.257 e. The number of piperazine rings is 1. The van der Waals surface area contributed by atoms with Gasteiger partial charge >= 0.3 is 0 Å². The van der Waals surface area contributed by atoms with Crippen molar-refractivity contribution >= 4 is 52.1 Å². The molecule has 1 fully saturated rings. The lowest BCUT2D eigenvalue weighted by Gasteiger charge is -2.36. The number of halogens is 1. The van der Waals surface area contributed by atoms with Gasteiger partial charge in [-0.1, -0.05) is 38.4 Å². The standard InChI is InChI=1S/C25H31ClN4O3S/c1-4-23(31)30-12-10-29(11-13-30)22-9-8-19(15-21(22)26)27-25(34)28-24(32)18-6-5-7-20(14-18)33-16-17(2)3/h5-9,14-15,17H,4,10-13,16H2,1-3H3,(H2,27,28,32,34). The summed E-state index contributed by atoms with van der Waals surface area (Å²) in [5.74, 6) is 0.884. The number of carbonyl (C=O) groups is 2. The average molecular weight is 503 g/mol. The van der Waals surface area contributed by atoms with Crippen molar-refractivity contribution in [2.24, 2.45) is 5.92 Å². The Morgan fingerprint density at radius 3 is 2.50 bits per heavy atom. The number of ether oxygens (including phenoxy) is 1. The number of hydrogen-bond donors (Lipinski definition) is 2. The van der Waals surface area contributed by atoms with Crippen molar-refractivity contribution in [2.45, 2.75) is 27.2 Å². The van der Waals surface area contributed by atoms with Crippen molar-refractivity contribution in [3.05, 3.63) is 53.1 Å². The first-order chi connectivity index (χ1) is 16.3. The number of hydrogen-bond acceptors (Lipinski definition) is 5. The van der Waals surface area contributed by atoms with E-state index in [1.807, 2.05) is 30.0 Å². The summed E-state index contributed by atoms with van der Waals surface area (Å²) in [5.41, 5.74) is 2.04. The monoisotopic (exact) mass is 502 g/mol. The lowest BCUT2D eigenvalue weighted by molar-refractivity contribution is -0.131. The van der Waals surface area contributed by atoms with Gasteiger partial charge < -0.3 is 19.9 Å². The van der Waals surface area contributed by atoms with E-state index in [4.69, 9.17) is 28.6 Å². The van der Waals surface area contributed by atoms with Gasteiger partial charge in [-0.25, -0.2) is 0 Å². The highest BCUT2D eigenvalue weighted by atomic mass is 35.5. The van der Waals surface area contributed by atoms with Crippen molar-refractivity contribution in [2.75, 3.05) is 43.0 Å². The molecule has 1 aliphatic heterocycles.